The summed E-state index contributed by atoms with van der Waals surface area (Å²) >= 11 is 0. The Balaban J connectivity index is 2.93. The van der Waals surface area contributed by atoms with E-state index in [4.69, 9.17) is 4.74 Å². The molecule has 1 nitrogen and oxygen atoms in total. The van der Waals surface area contributed by atoms with Crippen molar-refractivity contribution >= 4 is 0 Å². The molecule has 0 bridgehead atoms. The molecule has 0 radical (unpaired) electrons. The molecule has 0 aliphatic carbocycles. The van der Waals surface area contributed by atoms with Gasteiger partial charge < -0.3 is 4.74 Å². The Morgan fingerprint density at radius 1 is 1.33 bits per heavy atom. The van der Waals surface area contributed by atoms with Gasteiger partial charge in [-0.1, -0.05) is 26.0 Å². The second-order valence-corrected chi connectivity index (χ2v) is 4.03. The highest BCUT2D eigenvalue weighted by Crippen LogP contribution is 2.35. The van der Waals surface area contributed by atoms with Crippen molar-refractivity contribution in [3.63, 3.8) is 0 Å². The van der Waals surface area contributed by atoms with Gasteiger partial charge in [0.1, 0.15) is 5.75 Å². The van der Waals surface area contributed by atoms with Crippen LogP contribution in [0.5, 0.6) is 5.75 Å². The zero-order valence-corrected chi connectivity index (χ0v) is 9.26. The van der Waals surface area contributed by atoms with E-state index >= 15 is 0 Å². The van der Waals surface area contributed by atoms with Crippen LogP contribution in [0.25, 0.3) is 0 Å². The number of rotatable bonds is 4. The molecule has 3 heteroatoms. The summed E-state index contributed by atoms with van der Waals surface area (Å²) in [5, 5.41) is 0. The number of methoxy groups -OCH3 is 1. The van der Waals surface area contributed by atoms with E-state index in [9.17, 15) is 8.78 Å². The molecule has 0 amide bonds. The van der Waals surface area contributed by atoms with E-state index in [-0.39, 0.29) is 17.9 Å². The SMILES string of the molecule is COc1cccc(C(F)(F)CC(C)C)c1. The molecular formula is C12H16F2O. The Morgan fingerprint density at radius 2 is 2.00 bits per heavy atom. The summed E-state index contributed by atoms with van der Waals surface area (Å²) < 4.78 is 32.3. The van der Waals surface area contributed by atoms with Crippen molar-refractivity contribution in [1.29, 1.82) is 0 Å². The van der Waals surface area contributed by atoms with E-state index in [1.54, 1.807) is 26.0 Å². The predicted molar refractivity (Wildman–Crippen MR) is 56.3 cm³/mol. The topological polar surface area (TPSA) is 9.23 Å². The minimum atomic E-state index is -2.78. The summed E-state index contributed by atoms with van der Waals surface area (Å²) in [5.74, 6) is -2.34. The van der Waals surface area contributed by atoms with Gasteiger partial charge in [0.25, 0.3) is 5.92 Å². The van der Waals surface area contributed by atoms with Gasteiger partial charge in [-0.2, -0.15) is 0 Å². The first-order valence-electron chi connectivity index (χ1n) is 4.98. The first-order valence-corrected chi connectivity index (χ1v) is 4.98. The summed E-state index contributed by atoms with van der Waals surface area (Å²) in [6, 6.07) is 6.07. The van der Waals surface area contributed by atoms with Gasteiger partial charge in [-0.15, -0.1) is 0 Å². The largest absolute Gasteiger partial charge is 0.497 e. The number of halogens is 2. The van der Waals surface area contributed by atoms with Gasteiger partial charge in [0.05, 0.1) is 7.11 Å². The zero-order valence-electron chi connectivity index (χ0n) is 9.26. The van der Waals surface area contributed by atoms with Crippen LogP contribution in [0.15, 0.2) is 24.3 Å². The lowest BCUT2D eigenvalue weighted by Crippen LogP contribution is -2.16. The van der Waals surface area contributed by atoms with Gasteiger partial charge >= 0.3 is 0 Å². The lowest BCUT2D eigenvalue weighted by Gasteiger charge is -2.19. The summed E-state index contributed by atoms with van der Waals surface area (Å²) in [4.78, 5) is 0. The molecule has 0 aliphatic rings. The van der Waals surface area contributed by atoms with Crippen molar-refractivity contribution in [3.05, 3.63) is 29.8 Å². The number of benzene rings is 1. The number of ether oxygens (including phenoxy) is 1. The highest BCUT2D eigenvalue weighted by atomic mass is 19.3. The van der Waals surface area contributed by atoms with Crippen LogP contribution < -0.4 is 4.74 Å². The van der Waals surface area contributed by atoms with Crippen molar-refractivity contribution in [2.45, 2.75) is 26.2 Å². The first kappa shape index (κ1) is 12.0. The molecule has 0 spiro atoms. The van der Waals surface area contributed by atoms with Crippen molar-refractivity contribution in [2.75, 3.05) is 7.11 Å². The Labute approximate surface area is 89.1 Å². The molecule has 0 saturated heterocycles. The fourth-order valence-corrected chi connectivity index (χ4v) is 1.48. The van der Waals surface area contributed by atoms with Crippen molar-refractivity contribution < 1.29 is 13.5 Å². The molecule has 0 N–H and O–H groups in total. The standard InChI is InChI=1S/C12H16F2O/c1-9(2)8-12(13,14)10-5-4-6-11(7-10)15-3/h4-7,9H,8H2,1-3H3. The van der Waals surface area contributed by atoms with Crippen LogP contribution in [-0.4, -0.2) is 7.11 Å². The third-order valence-electron chi connectivity index (χ3n) is 2.16. The molecule has 1 aromatic rings. The molecule has 1 aromatic carbocycles. The van der Waals surface area contributed by atoms with Crippen molar-refractivity contribution in [2.24, 2.45) is 5.92 Å². The van der Waals surface area contributed by atoms with Gasteiger partial charge in [-0.3, -0.25) is 0 Å². The molecular weight excluding hydrogens is 198 g/mol. The van der Waals surface area contributed by atoms with Gasteiger partial charge in [0.15, 0.2) is 0 Å². The molecule has 0 heterocycles. The van der Waals surface area contributed by atoms with Crippen LogP contribution in [0, 0.1) is 5.92 Å². The van der Waals surface area contributed by atoms with Crippen LogP contribution >= 0.6 is 0 Å². The van der Waals surface area contributed by atoms with Gasteiger partial charge in [-0.05, 0) is 18.1 Å². The predicted octanol–water partition coefficient (Wildman–Crippen LogP) is 3.83. The minimum Gasteiger partial charge on any atom is -0.497 e. The van der Waals surface area contributed by atoms with Gasteiger partial charge in [0.2, 0.25) is 0 Å². The summed E-state index contributed by atoms with van der Waals surface area (Å²) in [7, 11) is 1.47. The van der Waals surface area contributed by atoms with E-state index in [1.165, 1.54) is 19.2 Å². The van der Waals surface area contributed by atoms with Crippen LogP contribution in [0.1, 0.15) is 25.8 Å². The fraction of sp³-hybridized carbons (Fsp3) is 0.500. The average molecular weight is 214 g/mol. The molecule has 84 valence electrons. The smallest absolute Gasteiger partial charge is 0.273 e. The maximum atomic E-state index is 13.7. The molecule has 1 rings (SSSR count). The fourth-order valence-electron chi connectivity index (χ4n) is 1.48. The number of alkyl halides is 2. The summed E-state index contributed by atoms with van der Waals surface area (Å²) in [5.41, 5.74) is 0.0237. The van der Waals surface area contributed by atoms with E-state index in [0.717, 1.165) is 0 Å². The molecule has 0 saturated carbocycles. The molecule has 0 aliphatic heterocycles. The third-order valence-corrected chi connectivity index (χ3v) is 2.16. The summed E-state index contributed by atoms with van der Waals surface area (Å²) in [6.45, 7) is 3.57. The molecule has 0 fully saturated rings. The Kier molecular flexibility index (Phi) is 3.66. The molecule has 15 heavy (non-hydrogen) atoms. The first-order chi connectivity index (χ1) is 6.95. The maximum Gasteiger partial charge on any atom is 0.273 e. The van der Waals surface area contributed by atoms with Crippen molar-refractivity contribution in [1.82, 2.24) is 0 Å². The van der Waals surface area contributed by atoms with Crippen molar-refractivity contribution in [3.8, 4) is 5.75 Å². The van der Waals surface area contributed by atoms with Gasteiger partial charge in [-0.25, -0.2) is 8.78 Å². The molecule has 0 aromatic heterocycles. The average Bonchev–Trinajstić information content (AvgIpc) is 2.16. The second kappa shape index (κ2) is 4.60. The lowest BCUT2D eigenvalue weighted by atomic mass is 9.98. The van der Waals surface area contributed by atoms with E-state index < -0.39 is 5.92 Å². The quantitative estimate of drug-likeness (QED) is 0.740. The number of hydrogen-bond donors (Lipinski definition) is 0. The lowest BCUT2D eigenvalue weighted by molar-refractivity contribution is -0.0250. The van der Waals surface area contributed by atoms with Crippen LogP contribution in [0.4, 0.5) is 8.78 Å². The van der Waals surface area contributed by atoms with Crippen LogP contribution in [0.2, 0.25) is 0 Å². The Bertz CT molecular complexity index is 321. The zero-order chi connectivity index (χ0) is 11.5. The Morgan fingerprint density at radius 3 is 2.53 bits per heavy atom. The van der Waals surface area contributed by atoms with E-state index in [2.05, 4.69) is 0 Å². The highest BCUT2D eigenvalue weighted by molar-refractivity contribution is 5.31. The Hall–Kier alpha value is -1.12. The monoisotopic (exact) mass is 214 g/mol. The summed E-state index contributed by atoms with van der Waals surface area (Å²) in [6.07, 6.45) is -0.139. The number of hydrogen-bond acceptors (Lipinski definition) is 1. The molecule has 0 atom stereocenters. The minimum absolute atomic E-state index is 0.0237. The maximum absolute atomic E-state index is 13.7. The normalized spacial score (nSPS) is 11.9. The van der Waals surface area contributed by atoms with Crippen LogP contribution in [-0.2, 0) is 5.92 Å². The molecule has 0 unspecified atom stereocenters. The highest BCUT2D eigenvalue weighted by Gasteiger charge is 2.32. The van der Waals surface area contributed by atoms with E-state index in [0.29, 0.717) is 5.75 Å². The van der Waals surface area contributed by atoms with E-state index in [1.807, 2.05) is 0 Å². The second-order valence-electron chi connectivity index (χ2n) is 4.03. The third kappa shape index (κ3) is 3.18. The van der Waals surface area contributed by atoms with Gasteiger partial charge in [0, 0.05) is 12.0 Å². The van der Waals surface area contributed by atoms with Crippen LogP contribution in [0.3, 0.4) is 0 Å².